The second-order valence-electron chi connectivity index (χ2n) is 7.22. The average Bonchev–Trinajstić information content (AvgIpc) is 3.11. The molecule has 0 fully saturated rings. The van der Waals surface area contributed by atoms with Crippen molar-refractivity contribution in [3.05, 3.63) is 77.9 Å². The SMILES string of the molecule is Cc1ccc2nc(-c3cccc(NC(=O)c4cccc(OC(C)C)c4)c3)oc2c1. The van der Waals surface area contributed by atoms with Crippen LogP contribution < -0.4 is 10.1 Å². The number of aryl methyl sites for hydroxylation is 1. The molecule has 0 aliphatic carbocycles. The van der Waals surface area contributed by atoms with Crippen molar-refractivity contribution in [2.45, 2.75) is 26.9 Å². The van der Waals surface area contributed by atoms with Gasteiger partial charge in [-0.2, -0.15) is 0 Å². The first kappa shape index (κ1) is 18.7. The van der Waals surface area contributed by atoms with Gasteiger partial charge in [0.25, 0.3) is 5.91 Å². The molecule has 0 unspecified atom stereocenters. The van der Waals surface area contributed by atoms with Crippen molar-refractivity contribution in [3.63, 3.8) is 0 Å². The Hall–Kier alpha value is -3.60. The predicted molar refractivity (Wildman–Crippen MR) is 114 cm³/mol. The van der Waals surface area contributed by atoms with Crippen molar-refractivity contribution in [1.82, 2.24) is 4.98 Å². The summed E-state index contributed by atoms with van der Waals surface area (Å²) in [6.45, 7) is 5.91. The Morgan fingerprint density at radius 2 is 1.86 bits per heavy atom. The smallest absolute Gasteiger partial charge is 0.255 e. The summed E-state index contributed by atoms with van der Waals surface area (Å²) >= 11 is 0. The van der Waals surface area contributed by atoms with Gasteiger partial charge in [-0.15, -0.1) is 0 Å². The Bertz CT molecular complexity index is 1180. The maximum atomic E-state index is 12.7. The number of aromatic nitrogens is 1. The van der Waals surface area contributed by atoms with E-state index in [4.69, 9.17) is 9.15 Å². The molecule has 1 amide bonds. The van der Waals surface area contributed by atoms with Crippen LogP contribution >= 0.6 is 0 Å². The van der Waals surface area contributed by atoms with Gasteiger partial charge in [0.2, 0.25) is 5.89 Å². The summed E-state index contributed by atoms with van der Waals surface area (Å²) in [6, 6.07) is 20.5. The Labute approximate surface area is 169 Å². The highest BCUT2D eigenvalue weighted by Gasteiger charge is 2.11. The van der Waals surface area contributed by atoms with E-state index in [0.29, 0.717) is 22.9 Å². The van der Waals surface area contributed by atoms with Gasteiger partial charge in [0.1, 0.15) is 11.3 Å². The minimum Gasteiger partial charge on any atom is -0.491 e. The Morgan fingerprint density at radius 1 is 1.03 bits per heavy atom. The normalized spacial score (nSPS) is 11.0. The maximum absolute atomic E-state index is 12.7. The van der Waals surface area contributed by atoms with Gasteiger partial charge >= 0.3 is 0 Å². The molecule has 0 aliphatic heterocycles. The van der Waals surface area contributed by atoms with E-state index in [0.717, 1.165) is 22.2 Å². The number of carbonyl (C=O) groups excluding carboxylic acids is 1. The fourth-order valence-electron chi connectivity index (χ4n) is 3.07. The zero-order chi connectivity index (χ0) is 20.4. The van der Waals surface area contributed by atoms with Crippen LogP contribution in [0.2, 0.25) is 0 Å². The molecule has 1 N–H and O–H groups in total. The van der Waals surface area contributed by atoms with Crippen molar-refractivity contribution in [3.8, 4) is 17.2 Å². The lowest BCUT2D eigenvalue weighted by atomic mass is 10.1. The van der Waals surface area contributed by atoms with Crippen LogP contribution in [0, 0.1) is 6.92 Å². The molecular formula is C24H22N2O3. The molecule has 4 rings (SSSR count). The van der Waals surface area contributed by atoms with Gasteiger partial charge in [0.15, 0.2) is 5.58 Å². The van der Waals surface area contributed by atoms with Crippen LogP contribution in [0.25, 0.3) is 22.6 Å². The van der Waals surface area contributed by atoms with Crippen molar-refractivity contribution < 1.29 is 13.9 Å². The first-order valence-electron chi connectivity index (χ1n) is 9.53. The van der Waals surface area contributed by atoms with Gasteiger partial charge in [-0.1, -0.05) is 18.2 Å². The number of rotatable bonds is 5. The van der Waals surface area contributed by atoms with Gasteiger partial charge in [0, 0.05) is 16.8 Å². The zero-order valence-corrected chi connectivity index (χ0v) is 16.6. The Morgan fingerprint density at radius 3 is 2.69 bits per heavy atom. The van der Waals surface area contributed by atoms with Crippen molar-refractivity contribution in [1.29, 1.82) is 0 Å². The molecule has 3 aromatic carbocycles. The standard InChI is InChI=1S/C24H22N2O3/c1-15(2)28-20-9-5-6-17(14-20)23(27)25-19-8-4-7-18(13-19)24-26-21-11-10-16(3)12-22(21)29-24/h4-15H,1-3H3,(H,25,27). The van der Waals surface area contributed by atoms with Crippen LogP contribution in [0.3, 0.4) is 0 Å². The number of nitrogens with one attached hydrogen (secondary N) is 1. The highest BCUT2D eigenvalue weighted by atomic mass is 16.5. The minimum atomic E-state index is -0.204. The fraction of sp³-hybridized carbons (Fsp3) is 0.167. The molecule has 0 radical (unpaired) electrons. The van der Waals surface area contributed by atoms with E-state index in [1.165, 1.54) is 0 Å². The van der Waals surface area contributed by atoms with E-state index < -0.39 is 0 Å². The van der Waals surface area contributed by atoms with Crippen molar-refractivity contribution in [2.75, 3.05) is 5.32 Å². The number of benzene rings is 3. The molecule has 5 heteroatoms. The third-order valence-corrected chi connectivity index (χ3v) is 4.38. The average molecular weight is 386 g/mol. The molecule has 4 aromatic rings. The summed E-state index contributed by atoms with van der Waals surface area (Å²) in [6.07, 6.45) is 0.0464. The number of anilines is 1. The van der Waals surface area contributed by atoms with E-state index in [9.17, 15) is 4.79 Å². The number of hydrogen-bond donors (Lipinski definition) is 1. The molecule has 0 spiro atoms. The van der Waals surface area contributed by atoms with Crippen LogP contribution in [-0.4, -0.2) is 17.0 Å². The van der Waals surface area contributed by atoms with Crippen LogP contribution in [0.1, 0.15) is 29.8 Å². The van der Waals surface area contributed by atoms with E-state index in [-0.39, 0.29) is 12.0 Å². The minimum absolute atomic E-state index is 0.0464. The lowest BCUT2D eigenvalue weighted by molar-refractivity contribution is 0.102. The van der Waals surface area contributed by atoms with Gasteiger partial charge in [0.05, 0.1) is 6.10 Å². The number of carbonyl (C=O) groups is 1. The number of fused-ring (bicyclic) bond motifs is 1. The molecule has 5 nitrogen and oxygen atoms in total. The van der Waals surface area contributed by atoms with Crippen molar-refractivity contribution in [2.24, 2.45) is 0 Å². The second kappa shape index (κ2) is 7.80. The van der Waals surface area contributed by atoms with E-state index in [1.807, 2.05) is 75.4 Å². The summed E-state index contributed by atoms with van der Waals surface area (Å²) in [4.78, 5) is 17.2. The zero-order valence-electron chi connectivity index (χ0n) is 16.6. The highest BCUT2D eigenvalue weighted by molar-refractivity contribution is 6.04. The molecule has 29 heavy (non-hydrogen) atoms. The van der Waals surface area contributed by atoms with Gasteiger partial charge in [-0.25, -0.2) is 4.98 Å². The van der Waals surface area contributed by atoms with Crippen LogP contribution in [-0.2, 0) is 0 Å². The number of hydrogen-bond acceptors (Lipinski definition) is 4. The number of ether oxygens (including phenoxy) is 1. The van der Waals surface area contributed by atoms with Crippen LogP contribution in [0.4, 0.5) is 5.69 Å². The number of oxazole rings is 1. The molecule has 146 valence electrons. The Balaban J connectivity index is 1.56. The first-order chi connectivity index (χ1) is 14.0. The van der Waals surface area contributed by atoms with Crippen molar-refractivity contribution >= 4 is 22.7 Å². The summed E-state index contributed by atoms with van der Waals surface area (Å²) < 4.78 is 11.6. The molecule has 1 aromatic heterocycles. The number of nitrogens with zero attached hydrogens (tertiary/aromatic N) is 1. The summed E-state index contributed by atoms with van der Waals surface area (Å²) in [7, 11) is 0. The van der Waals surface area contributed by atoms with Gasteiger partial charge in [-0.05, 0) is 74.9 Å². The molecular weight excluding hydrogens is 364 g/mol. The van der Waals surface area contributed by atoms with E-state index >= 15 is 0 Å². The number of amides is 1. The van der Waals surface area contributed by atoms with E-state index in [2.05, 4.69) is 10.3 Å². The third-order valence-electron chi connectivity index (χ3n) is 4.38. The lowest BCUT2D eigenvalue weighted by Gasteiger charge is -2.11. The molecule has 0 atom stereocenters. The quantitative estimate of drug-likeness (QED) is 0.468. The highest BCUT2D eigenvalue weighted by Crippen LogP contribution is 2.27. The summed E-state index contributed by atoms with van der Waals surface area (Å²) in [5, 5.41) is 2.93. The van der Waals surface area contributed by atoms with Gasteiger partial charge < -0.3 is 14.5 Å². The third kappa shape index (κ3) is 4.29. The van der Waals surface area contributed by atoms with E-state index in [1.54, 1.807) is 12.1 Å². The topological polar surface area (TPSA) is 64.4 Å². The first-order valence-corrected chi connectivity index (χ1v) is 9.53. The van der Waals surface area contributed by atoms with Gasteiger partial charge in [-0.3, -0.25) is 4.79 Å². The van der Waals surface area contributed by atoms with Crippen LogP contribution in [0.15, 0.2) is 71.1 Å². The molecule has 0 bridgehead atoms. The second-order valence-corrected chi connectivity index (χ2v) is 7.22. The fourth-order valence-corrected chi connectivity index (χ4v) is 3.07. The summed E-state index contributed by atoms with van der Waals surface area (Å²) in [5.41, 5.74) is 4.67. The summed E-state index contributed by atoms with van der Waals surface area (Å²) in [5.74, 6) is 0.988. The molecule has 0 saturated carbocycles. The molecule has 0 saturated heterocycles. The maximum Gasteiger partial charge on any atom is 0.255 e. The predicted octanol–water partition coefficient (Wildman–Crippen LogP) is 5.84. The van der Waals surface area contributed by atoms with Crippen LogP contribution in [0.5, 0.6) is 5.75 Å². The Kier molecular flexibility index (Phi) is 5.04. The lowest BCUT2D eigenvalue weighted by Crippen LogP contribution is -2.12. The molecule has 1 heterocycles. The largest absolute Gasteiger partial charge is 0.491 e. The molecule has 0 aliphatic rings. The monoisotopic (exact) mass is 386 g/mol.